The van der Waals surface area contributed by atoms with Gasteiger partial charge in [-0.1, -0.05) is 39.0 Å². The third-order valence-corrected chi connectivity index (χ3v) is 4.97. The van der Waals surface area contributed by atoms with Crippen molar-refractivity contribution in [3.8, 4) is 17.0 Å². The van der Waals surface area contributed by atoms with Crippen LogP contribution in [-0.2, 0) is 5.41 Å². The van der Waals surface area contributed by atoms with E-state index < -0.39 is 0 Å². The molecule has 0 aliphatic carbocycles. The Bertz CT molecular complexity index is 1200. The van der Waals surface area contributed by atoms with Gasteiger partial charge in [0.1, 0.15) is 11.6 Å². The van der Waals surface area contributed by atoms with E-state index in [1.54, 1.807) is 17.8 Å². The number of methoxy groups -OCH3 is 1. The van der Waals surface area contributed by atoms with Crippen molar-refractivity contribution in [1.29, 1.82) is 0 Å². The van der Waals surface area contributed by atoms with Crippen LogP contribution in [0, 0.1) is 0 Å². The Morgan fingerprint density at radius 2 is 1.77 bits per heavy atom. The molecule has 0 aliphatic rings. The van der Waals surface area contributed by atoms with Gasteiger partial charge in [-0.2, -0.15) is 5.10 Å². The molecule has 152 valence electrons. The normalized spacial score (nSPS) is 11.5. The fourth-order valence-electron chi connectivity index (χ4n) is 3.46. The molecule has 6 nitrogen and oxygen atoms in total. The van der Waals surface area contributed by atoms with E-state index in [1.807, 2.05) is 60.7 Å². The van der Waals surface area contributed by atoms with Crippen LogP contribution in [0.2, 0.25) is 0 Å². The third kappa shape index (κ3) is 3.76. The van der Waals surface area contributed by atoms with Crippen LogP contribution < -0.4 is 10.1 Å². The maximum atomic E-state index is 13.1. The van der Waals surface area contributed by atoms with Gasteiger partial charge in [-0.3, -0.25) is 4.79 Å². The minimum atomic E-state index is -0.183. The molecule has 6 heteroatoms. The van der Waals surface area contributed by atoms with Gasteiger partial charge in [0.15, 0.2) is 5.65 Å². The number of carbonyl (C=O) groups excluding carboxylic acids is 1. The van der Waals surface area contributed by atoms with Gasteiger partial charge < -0.3 is 10.1 Å². The molecule has 4 rings (SSSR count). The lowest BCUT2D eigenvalue weighted by Crippen LogP contribution is -2.21. The first kappa shape index (κ1) is 19.6. The van der Waals surface area contributed by atoms with Crippen molar-refractivity contribution in [1.82, 2.24) is 14.6 Å². The van der Waals surface area contributed by atoms with E-state index in [4.69, 9.17) is 4.74 Å². The summed E-state index contributed by atoms with van der Waals surface area (Å²) in [5.41, 5.74) is 3.91. The number of anilines is 1. The molecule has 0 bridgehead atoms. The Hall–Kier alpha value is -3.67. The molecule has 4 aromatic rings. The molecular formula is C24H24N4O2. The number of aromatic nitrogens is 3. The van der Waals surface area contributed by atoms with Crippen LogP contribution >= 0.6 is 0 Å². The van der Waals surface area contributed by atoms with E-state index in [-0.39, 0.29) is 11.3 Å². The number of nitrogens with zero attached hydrogens (tertiary/aromatic N) is 3. The van der Waals surface area contributed by atoms with Crippen molar-refractivity contribution >= 4 is 17.4 Å². The van der Waals surface area contributed by atoms with Crippen LogP contribution in [0.4, 0.5) is 5.82 Å². The quantitative estimate of drug-likeness (QED) is 0.526. The van der Waals surface area contributed by atoms with Crippen LogP contribution in [-0.4, -0.2) is 27.6 Å². The summed E-state index contributed by atoms with van der Waals surface area (Å²) in [5, 5.41) is 7.34. The van der Waals surface area contributed by atoms with Crippen molar-refractivity contribution < 1.29 is 9.53 Å². The Morgan fingerprint density at radius 3 is 2.47 bits per heavy atom. The molecule has 2 aromatic heterocycles. The summed E-state index contributed by atoms with van der Waals surface area (Å²) in [6, 6.07) is 19.0. The first-order valence-corrected chi connectivity index (χ1v) is 9.77. The molecule has 0 radical (unpaired) electrons. The highest BCUT2D eigenvalue weighted by molar-refractivity contribution is 6.05. The van der Waals surface area contributed by atoms with E-state index in [0.29, 0.717) is 17.0 Å². The van der Waals surface area contributed by atoms with E-state index in [0.717, 1.165) is 22.6 Å². The minimum absolute atomic E-state index is 0.148. The minimum Gasteiger partial charge on any atom is -0.497 e. The number of rotatable bonds is 4. The molecule has 0 spiro atoms. The molecule has 0 atom stereocenters. The van der Waals surface area contributed by atoms with E-state index in [9.17, 15) is 4.79 Å². The summed E-state index contributed by atoms with van der Waals surface area (Å²) in [5.74, 6) is 1.07. The number of amides is 1. The first-order valence-electron chi connectivity index (χ1n) is 9.77. The lowest BCUT2D eigenvalue weighted by molar-refractivity contribution is 0.102. The van der Waals surface area contributed by atoms with Crippen LogP contribution in [0.15, 0.2) is 66.9 Å². The number of fused-ring (bicyclic) bond motifs is 1. The Balaban J connectivity index is 1.73. The predicted molar refractivity (Wildman–Crippen MR) is 118 cm³/mol. The summed E-state index contributed by atoms with van der Waals surface area (Å²) in [6.45, 7) is 6.28. The second-order valence-corrected chi connectivity index (χ2v) is 8.11. The van der Waals surface area contributed by atoms with E-state index in [2.05, 4.69) is 36.2 Å². The smallest absolute Gasteiger partial charge is 0.257 e. The van der Waals surface area contributed by atoms with Crippen LogP contribution in [0.5, 0.6) is 5.75 Å². The highest BCUT2D eigenvalue weighted by atomic mass is 16.5. The van der Waals surface area contributed by atoms with Gasteiger partial charge in [-0.15, -0.1) is 0 Å². The summed E-state index contributed by atoms with van der Waals surface area (Å²) in [6.07, 6.45) is 1.69. The molecular weight excluding hydrogens is 376 g/mol. The monoisotopic (exact) mass is 400 g/mol. The van der Waals surface area contributed by atoms with Gasteiger partial charge in [0.25, 0.3) is 5.91 Å². The van der Waals surface area contributed by atoms with Gasteiger partial charge in [0.2, 0.25) is 0 Å². The number of hydrogen-bond acceptors (Lipinski definition) is 4. The topological polar surface area (TPSA) is 68.5 Å². The van der Waals surface area contributed by atoms with Crippen molar-refractivity contribution in [2.45, 2.75) is 26.2 Å². The number of nitrogens with one attached hydrogen (secondary N) is 1. The fourth-order valence-corrected chi connectivity index (χ4v) is 3.46. The molecule has 2 heterocycles. The molecule has 1 amide bonds. The number of carbonyl (C=O) groups is 1. The van der Waals surface area contributed by atoms with Gasteiger partial charge >= 0.3 is 0 Å². The summed E-state index contributed by atoms with van der Waals surface area (Å²) < 4.78 is 7.00. The average Bonchev–Trinajstić information content (AvgIpc) is 3.21. The van der Waals surface area contributed by atoms with Crippen LogP contribution in [0.25, 0.3) is 16.9 Å². The molecule has 0 saturated carbocycles. The molecule has 0 fully saturated rings. The maximum absolute atomic E-state index is 13.1. The van der Waals surface area contributed by atoms with Crippen LogP contribution in [0.3, 0.4) is 0 Å². The summed E-state index contributed by atoms with van der Waals surface area (Å²) >= 11 is 0. The first-order chi connectivity index (χ1) is 14.4. The highest BCUT2D eigenvalue weighted by Crippen LogP contribution is 2.28. The maximum Gasteiger partial charge on any atom is 0.257 e. The fraction of sp³-hybridized carbons (Fsp3) is 0.208. The second-order valence-electron chi connectivity index (χ2n) is 8.11. The molecule has 2 aromatic carbocycles. The summed E-state index contributed by atoms with van der Waals surface area (Å²) in [7, 11) is 1.64. The van der Waals surface area contributed by atoms with E-state index in [1.165, 1.54) is 0 Å². The molecule has 30 heavy (non-hydrogen) atoms. The van der Waals surface area contributed by atoms with Gasteiger partial charge in [0, 0.05) is 23.3 Å². The van der Waals surface area contributed by atoms with Gasteiger partial charge in [-0.05, 0) is 41.3 Å². The summed E-state index contributed by atoms with van der Waals surface area (Å²) in [4.78, 5) is 17.7. The van der Waals surface area contributed by atoms with Crippen LogP contribution in [0.1, 0.15) is 36.7 Å². The average molecular weight is 400 g/mol. The number of hydrogen-bond donors (Lipinski definition) is 1. The molecule has 1 N–H and O–H groups in total. The molecule has 0 unspecified atom stereocenters. The number of ether oxygens (including phenoxy) is 1. The zero-order valence-corrected chi connectivity index (χ0v) is 17.5. The van der Waals surface area contributed by atoms with Crippen molar-refractivity contribution in [2.75, 3.05) is 12.4 Å². The highest BCUT2D eigenvalue weighted by Gasteiger charge is 2.22. The SMILES string of the molecule is COc1ccc(-c2cc(NC(=O)c3ccccc3C(C)(C)C)nc3ccnn23)cc1. The lowest BCUT2D eigenvalue weighted by Gasteiger charge is -2.22. The second kappa shape index (κ2) is 7.63. The van der Waals surface area contributed by atoms with E-state index >= 15 is 0 Å². The number of benzene rings is 2. The Kier molecular flexibility index (Phi) is 4.99. The van der Waals surface area contributed by atoms with Gasteiger partial charge in [0.05, 0.1) is 19.0 Å². The zero-order chi connectivity index (χ0) is 21.3. The van der Waals surface area contributed by atoms with Gasteiger partial charge in [-0.25, -0.2) is 9.50 Å². The molecule has 0 aliphatic heterocycles. The zero-order valence-electron chi connectivity index (χ0n) is 17.5. The largest absolute Gasteiger partial charge is 0.497 e. The predicted octanol–water partition coefficient (Wildman–Crippen LogP) is 4.95. The lowest BCUT2D eigenvalue weighted by atomic mass is 9.83. The Morgan fingerprint density at radius 1 is 1.03 bits per heavy atom. The Labute approximate surface area is 175 Å². The standard InChI is InChI=1S/C24H24N4O2/c1-24(2,3)19-8-6-5-7-18(19)23(29)27-21-15-20(28-22(26-21)13-14-25-28)16-9-11-17(30-4)12-10-16/h5-15H,1-4H3,(H,26,27,29). The van der Waals surface area contributed by atoms with Crippen molar-refractivity contribution in [3.05, 3.63) is 78.0 Å². The van der Waals surface area contributed by atoms with Crippen molar-refractivity contribution in [3.63, 3.8) is 0 Å². The third-order valence-electron chi connectivity index (χ3n) is 4.97. The molecule has 0 saturated heterocycles. The van der Waals surface area contributed by atoms with Crippen molar-refractivity contribution in [2.24, 2.45) is 0 Å².